The second-order valence-electron chi connectivity index (χ2n) is 3.90. The number of hydrogen-bond donors (Lipinski definition) is 1. The van der Waals surface area contributed by atoms with E-state index in [0.717, 1.165) is 10.7 Å². The molecule has 0 spiro atoms. The summed E-state index contributed by atoms with van der Waals surface area (Å²) in [5.74, 6) is -0.114. The summed E-state index contributed by atoms with van der Waals surface area (Å²) in [6.45, 7) is 0.473. The van der Waals surface area contributed by atoms with Crippen molar-refractivity contribution in [3.63, 3.8) is 0 Å². The summed E-state index contributed by atoms with van der Waals surface area (Å²) in [6, 6.07) is 7.05. The van der Waals surface area contributed by atoms with Crippen LogP contribution >= 0.6 is 22.9 Å². The van der Waals surface area contributed by atoms with E-state index in [1.54, 1.807) is 31.4 Å². The largest absolute Gasteiger partial charge is 0.378 e. The summed E-state index contributed by atoms with van der Waals surface area (Å²) in [4.78, 5) is 16.1. The summed E-state index contributed by atoms with van der Waals surface area (Å²) < 4.78 is 4.99. The number of methoxy groups -OCH3 is 1. The number of rotatable bonds is 5. The van der Waals surface area contributed by atoms with Gasteiger partial charge < -0.3 is 10.1 Å². The van der Waals surface area contributed by atoms with Crippen molar-refractivity contribution < 1.29 is 9.53 Å². The molecule has 1 N–H and O–H groups in total. The van der Waals surface area contributed by atoms with E-state index in [2.05, 4.69) is 10.3 Å². The first kappa shape index (κ1) is 14.0. The number of benzene rings is 1. The Kier molecular flexibility index (Phi) is 4.90. The van der Waals surface area contributed by atoms with Gasteiger partial charge in [0.2, 0.25) is 5.91 Å². The monoisotopic (exact) mass is 296 g/mol. The van der Waals surface area contributed by atoms with Crippen LogP contribution in [0.25, 0.3) is 0 Å². The molecule has 0 aliphatic rings. The number of hydrogen-bond acceptors (Lipinski definition) is 4. The van der Waals surface area contributed by atoms with Gasteiger partial charge in [0.15, 0.2) is 0 Å². The zero-order valence-corrected chi connectivity index (χ0v) is 11.9. The zero-order chi connectivity index (χ0) is 13.7. The molecule has 1 aromatic carbocycles. The smallest absolute Gasteiger partial charge is 0.230 e. The number of aromatic nitrogens is 1. The highest BCUT2D eigenvalue weighted by atomic mass is 35.5. The van der Waals surface area contributed by atoms with Gasteiger partial charge in [0.25, 0.3) is 0 Å². The maximum Gasteiger partial charge on any atom is 0.230 e. The van der Waals surface area contributed by atoms with Gasteiger partial charge in [0.05, 0.1) is 18.7 Å². The van der Waals surface area contributed by atoms with Crippen LogP contribution in [0.15, 0.2) is 29.6 Å². The molecule has 2 aromatic rings. The van der Waals surface area contributed by atoms with Crippen LogP contribution in [0.2, 0.25) is 5.02 Å². The second-order valence-corrected chi connectivity index (χ2v) is 5.28. The van der Waals surface area contributed by atoms with Crippen molar-refractivity contribution in [3.8, 4) is 0 Å². The predicted molar refractivity (Wildman–Crippen MR) is 76.6 cm³/mol. The number of carbonyl (C=O) groups is 1. The zero-order valence-electron chi connectivity index (χ0n) is 10.4. The van der Waals surface area contributed by atoms with Gasteiger partial charge in [0, 0.05) is 23.2 Å². The maximum absolute atomic E-state index is 11.8. The predicted octanol–water partition coefficient (Wildman–Crippen LogP) is 3.12. The minimum Gasteiger partial charge on any atom is -0.378 e. The summed E-state index contributed by atoms with van der Waals surface area (Å²) >= 11 is 7.34. The SMILES string of the molecule is COCc1nc(CC(=O)Nc2cccc(Cl)c2)cs1. The molecule has 0 atom stereocenters. The Balaban J connectivity index is 1.93. The third kappa shape index (κ3) is 4.31. The Bertz CT molecular complexity index is 571. The fraction of sp³-hybridized carbons (Fsp3) is 0.231. The normalized spacial score (nSPS) is 10.4. The van der Waals surface area contributed by atoms with Gasteiger partial charge in [-0.3, -0.25) is 4.79 Å². The molecule has 0 radical (unpaired) electrons. The number of halogens is 1. The lowest BCUT2D eigenvalue weighted by atomic mass is 10.3. The molecular formula is C13H13ClN2O2S. The molecule has 2 rings (SSSR count). The number of anilines is 1. The molecule has 0 bridgehead atoms. The summed E-state index contributed by atoms with van der Waals surface area (Å²) in [5.41, 5.74) is 1.43. The molecule has 1 aromatic heterocycles. The number of ether oxygens (including phenoxy) is 1. The molecule has 1 heterocycles. The number of nitrogens with zero attached hydrogens (tertiary/aromatic N) is 1. The molecule has 0 unspecified atom stereocenters. The fourth-order valence-corrected chi connectivity index (χ4v) is 2.51. The van der Waals surface area contributed by atoms with E-state index < -0.39 is 0 Å². The van der Waals surface area contributed by atoms with Crippen LogP contribution in [0, 0.1) is 0 Å². The third-order valence-corrected chi connectivity index (χ3v) is 3.42. The third-order valence-electron chi connectivity index (χ3n) is 2.32. The number of carbonyl (C=O) groups excluding carboxylic acids is 1. The van der Waals surface area contributed by atoms with E-state index in [4.69, 9.17) is 16.3 Å². The van der Waals surface area contributed by atoms with Gasteiger partial charge >= 0.3 is 0 Å². The average Bonchev–Trinajstić information content (AvgIpc) is 2.77. The summed E-state index contributed by atoms with van der Waals surface area (Å²) in [6.07, 6.45) is 0.243. The summed E-state index contributed by atoms with van der Waals surface area (Å²) in [7, 11) is 1.62. The van der Waals surface area contributed by atoms with Crippen LogP contribution in [0.3, 0.4) is 0 Å². The van der Waals surface area contributed by atoms with Crippen LogP contribution in [-0.2, 0) is 22.6 Å². The molecule has 0 fully saturated rings. The van der Waals surface area contributed by atoms with Gasteiger partial charge in [0.1, 0.15) is 5.01 Å². The number of nitrogens with one attached hydrogen (secondary N) is 1. The molecule has 0 saturated carbocycles. The van der Waals surface area contributed by atoms with Gasteiger partial charge in [-0.25, -0.2) is 4.98 Å². The Labute approximate surface area is 120 Å². The molecule has 0 aliphatic heterocycles. The van der Waals surface area contributed by atoms with Crippen LogP contribution in [0.5, 0.6) is 0 Å². The van der Waals surface area contributed by atoms with Crippen LogP contribution in [0.4, 0.5) is 5.69 Å². The maximum atomic E-state index is 11.8. The molecular weight excluding hydrogens is 284 g/mol. The number of thiazole rings is 1. The first-order chi connectivity index (χ1) is 9.17. The molecule has 1 amide bonds. The van der Waals surface area contributed by atoms with Crippen molar-refractivity contribution in [1.29, 1.82) is 0 Å². The van der Waals surface area contributed by atoms with Crippen molar-refractivity contribution in [2.24, 2.45) is 0 Å². The molecule has 100 valence electrons. The molecule has 4 nitrogen and oxygen atoms in total. The first-order valence-corrected chi connectivity index (χ1v) is 6.91. The molecule has 0 saturated heterocycles. The highest BCUT2D eigenvalue weighted by Crippen LogP contribution is 2.16. The lowest BCUT2D eigenvalue weighted by molar-refractivity contribution is -0.115. The lowest BCUT2D eigenvalue weighted by Gasteiger charge is -2.04. The summed E-state index contributed by atoms with van der Waals surface area (Å²) in [5, 5.41) is 6.11. The van der Waals surface area contributed by atoms with Crippen molar-refractivity contribution in [2.45, 2.75) is 13.0 Å². The average molecular weight is 297 g/mol. The van der Waals surface area contributed by atoms with E-state index in [-0.39, 0.29) is 12.3 Å². The topological polar surface area (TPSA) is 51.2 Å². The quantitative estimate of drug-likeness (QED) is 0.922. The molecule has 19 heavy (non-hydrogen) atoms. The molecule has 6 heteroatoms. The minimum absolute atomic E-state index is 0.114. The van der Waals surface area contributed by atoms with Crippen molar-refractivity contribution >= 4 is 34.5 Å². The molecule has 0 aliphatic carbocycles. The van der Waals surface area contributed by atoms with Gasteiger partial charge in [-0.1, -0.05) is 17.7 Å². The Hall–Kier alpha value is -1.43. The first-order valence-electron chi connectivity index (χ1n) is 5.65. The van der Waals surface area contributed by atoms with E-state index >= 15 is 0 Å². The second kappa shape index (κ2) is 6.65. The standard InChI is InChI=1S/C13H13ClN2O2S/c1-18-7-13-16-11(8-19-13)6-12(17)15-10-4-2-3-9(14)5-10/h2-5,8H,6-7H2,1H3,(H,15,17). The van der Waals surface area contributed by atoms with E-state index in [1.807, 2.05) is 5.38 Å². The van der Waals surface area contributed by atoms with Crippen LogP contribution in [0.1, 0.15) is 10.7 Å². The Morgan fingerprint density at radius 2 is 2.37 bits per heavy atom. The fourth-order valence-electron chi connectivity index (χ4n) is 1.56. The van der Waals surface area contributed by atoms with Crippen LogP contribution in [-0.4, -0.2) is 18.0 Å². The van der Waals surface area contributed by atoms with Crippen molar-refractivity contribution in [1.82, 2.24) is 4.98 Å². The number of amides is 1. The Morgan fingerprint density at radius 1 is 1.53 bits per heavy atom. The van der Waals surface area contributed by atoms with Crippen molar-refractivity contribution in [3.05, 3.63) is 45.4 Å². The van der Waals surface area contributed by atoms with Gasteiger partial charge in [-0.05, 0) is 18.2 Å². The van der Waals surface area contributed by atoms with Crippen molar-refractivity contribution in [2.75, 3.05) is 12.4 Å². The lowest BCUT2D eigenvalue weighted by Crippen LogP contribution is -2.14. The highest BCUT2D eigenvalue weighted by molar-refractivity contribution is 7.09. The van der Waals surface area contributed by atoms with E-state index in [1.165, 1.54) is 11.3 Å². The van der Waals surface area contributed by atoms with Gasteiger partial charge in [-0.2, -0.15) is 0 Å². The Morgan fingerprint density at radius 3 is 3.11 bits per heavy atom. The van der Waals surface area contributed by atoms with E-state index in [9.17, 15) is 4.79 Å². The van der Waals surface area contributed by atoms with E-state index in [0.29, 0.717) is 17.3 Å². The van der Waals surface area contributed by atoms with Crippen LogP contribution < -0.4 is 5.32 Å². The highest BCUT2D eigenvalue weighted by Gasteiger charge is 2.08. The van der Waals surface area contributed by atoms with Gasteiger partial charge in [-0.15, -0.1) is 11.3 Å². The minimum atomic E-state index is -0.114.